The number of hydrogen-bond donors (Lipinski definition) is 0. The molecule has 134 valence electrons. The highest BCUT2D eigenvalue weighted by Crippen LogP contribution is 2.19. The van der Waals surface area contributed by atoms with Crippen molar-refractivity contribution in [3.63, 3.8) is 0 Å². The van der Waals surface area contributed by atoms with E-state index in [1.54, 1.807) is 11.3 Å². The number of nitrogens with zero attached hydrogens (tertiary/aromatic N) is 2. The number of thiophene rings is 1. The molecule has 2 aromatic rings. The van der Waals surface area contributed by atoms with Crippen LogP contribution in [0.25, 0.3) is 0 Å². The molecule has 0 unspecified atom stereocenters. The van der Waals surface area contributed by atoms with Crippen molar-refractivity contribution in [2.24, 2.45) is 0 Å². The van der Waals surface area contributed by atoms with Crippen molar-refractivity contribution >= 4 is 17.2 Å². The summed E-state index contributed by atoms with van der Waals surface area (Å²) in [6, 6.07) is 12.3. The molecule has 0 spiro atoms. The van der Waals surface area contributed by atoms with E-state index in [0.29, 0.717) is 5.92 Å². The Hall–Kier alpha value is -1.85. The average molecular weight is 359 g/mol. The van der Waals surface area contributed by atoms with Crippen LogP contribution in [0.5, 0.6) is 5.75 Å². The predicted molar refractivity (Wildman–Crippen MR) is 102 cm³/mol. The Morgan fingerprint density at radius 1 is 1.12 bits per heavy atom. The molecule has 5 heteroatoms. The summed E-state index contributed by atoms with van der Waals surface area (Å²) >= 11 is 1.79. The van der Waals surface area contributed by atoms with Gasteiger partial charge in [0.2, 0.25) is 0 Å². The van der Waals surface area contributed by atoms with E-state index >= 15 is 0 Å². The molecule has 1 fully saturated rings. The minimum Gasteiger partial charge on any atom is -0.484 e. The summed E-state index contributed by atoms with van der Waals surface area (Å²) < 4.78 is 5.66. The van der Waals surface area contributed by atoms with Gasteiger partial charge in [0.1, 0.15) is 5.75 Å². The molecule has 0 atom stereocenters. The maximum absolute atomic E-state index is 12.4. The Bertz CT molecular complexity index is 660. The minimum absolute atomic E-state index is 0.0729. The Kier molecular flexibility index (Phi) is 6.10. The lowest BCUT2D eigenvalue weighted by Gasteiger charge is -2.34. The highest BCUT2D eigenvalue weighted by Gasteiger charge is 2.21. The van der Waals surface area contributed by atoms with Crippen LogP contribution in [0.2, 0.25) is 0 Å². The topological polar surface area (TPSA) is 32.8 Å². The maximum atomic E-state index is 12.4. The van der Waals surface area contributed by atoms with E-state index in [-0.39, 0.29) is 12.5 Å². The second-order valence-corrected chi connectivity index (χ2v) is 7.78. The Balaban J connectivity index is 1.41. The molecule has 1 aliphatic rings. The van der Waals surface area contributed by atoms with E-state index in [0.717, 1.165) is 38.5 Å². The summed E-state index contributed by atoms with van der Waals surface area (Å²) in [6.45, 7) is 8.83. The lowest BCUT2D eigenvalue weighted by molar-refractivity contribution is -0.135. The zero-order chi connectivity index (χ0) is 17.6. The van der Waals surface area contributed by atoms with Crippen molar-refractivity contribution in [1.29, 1.82) is 0 Å². The summed E-state index contributed by atoms with van der Waals surface area (Å²) in [4.78, 5) is 18.1. The quantitative estimate of drug-likeness (QED) is 0.791. The smallest absolute Gasteiger partial charge is 0.260 e. The van der Waals surface area contributed by atoms with Gasteiger partial charge in [-0.3, -0.25) is 9.69 Å². The summed E-state index contributed by atoms with van der Waals surface area (Å²) in [5, 5.41) is 2.11. The molecule has 3 rings (SSSR count). The first-order chi connectivity index (χ1) is 12.1. The van der Waals surface area contributed by atoms with Crippen molar-refractivity contribution in [2.45, 2.75) is 26.3 Å². The molecule has 1 aromatic heterocycles. The molecule has 0 N–H and O–H groups in total. The van der Waals surface area contributed by atoms with Crippen LogP contribution in [-0.4, -0.2) is 48.5 Å². The highest BCUT2D eigenvalue weighted by atomic mass is 32.1. The fraction of sp³-hybridized carbons (Fsp3) is 0.450. The van der Waals surface area contributed by atoms with Crippen LogP contribution in [-0.2, 0) is 11.3 Å². The van der Waals surface area contributed by atoms with Crippen molar-refractivity contribution < 1.29 is 9.53 Å². The number of piperazine rings is 1. The van der Waals surface area contributed by atoms with Gasteiger partial charge in [-0.1, -0.05) is 32.0 Å². The van der Waals surface area contributed by atoms with E-state index in [9.17, 15) is 4.79 Å². The fourth-order valence-corrected chi connectivity index (χ4v) is 3.71. The standard InChI is InChI=1S/C20H26N2O2S/c1-16(2)17-5-7-18(8-6-17)24-15-20(23)22-11-9-21(10-12-22)14-19-4-3-13-25-19/h3-8,13,16H,9-12,14-15H2,1-2H3. The summed E-state index contributed by atoms with van der Waals surface area (Å²) in [5.74, 6) is 1.33. The second kappa shape index (κ2) is 8.50. The SMILES string of the molecule is CC(C)c1ccc(OCC(=O)N2CCN(Cc3cccs3)CC2)cc1. The molecule has 1 saturated heterocycles. The number of hydrogen-bond acceptors (Lipinski definition) is 4. The molecule has 1 amide bonds. The number of amides is 1. The van der Waals surface area contributed by atoms with Crippen LogP contribution in [0.15, 0.2) is 41.8 Å². The van der Waals surface area contributed by atoms with Gasteiger partial charge < -0.3 is 9.64 Å². The third-order valence-corrected chi connectivity index (χ3v) is 5.45. The van der Waals surface area contributed by atoms with Gasteiger partial charge in [-0.2, -0.15) is 0 Å². The predicted octanol–water partition coefficient (Wildman–Crippen LogP) is 3.59. The molecule has 2 heterocycles. The van der Waals surface area contributed by atoms with Crippen LogP contribution in [0.4, 0.5) is 0 Å². The second-order valence-electron chi connectivity index (χ2n) is 6.75. The Morgan fingerprint density at radius 2 is 1.84 bits per heavy atom. The number of carbonyl (C=O) groups excluding carboxylic acids is 1. The summed E-state index contributed by atoms with van der Waals surface area (Å²) in [7, 11) is 0. The van der Waals surface area contributed by atoms with Gasteiger partial charge in [0, 0.05) is 37.6 Å². The van der Waals surface area contributed by atoms with E-state index < -0.39 is 0 Å². The molecule has 0 bridgehead atoms. The Labute approximate surface area is 154 Å². The van der Waals surface area contributed by atoms with Crippen LogP contribution >= 0.6 is 11.3 Å². The first-order valence-electron chi connectivity index (χ1n) is 8.87. The molecule has 25 heavy (non-hydrogen) atoms. The van der Waals surface area contributed by atoms with Crippen molar-refractivity contribution in [1.82, 2.24) is 9.80 Å². The van der Waals surface area contributed by atoms with Crippen LogP contribution in [0.3, 0.4) is 0 Å². The van der Waals surface area contributed by atoms with Crippen molar-refractivity contribution in [2.75, 3.05) is 32.8 Å². The Morgan fingerprint density at radius 3 is 2.44 bits per heavy atom. The van der Waals surface area contributed by atoms with Gasteiger partial charge in [0.05, 0.1) is 0 Å². The van der Waals surface area contributed by atoms with Gasteiger partial charge in [0.15, 0.2) is 6.61 Å². The van der Waals surface area contributed by atoms with Gasteiger partial charge in [-0.15, -0.1) is 11.3 Å². The lowest BCUT2D eigenvalue weighted by Crippen LogP contribution is -2.49. The molecular weight excluding hydrogens is 332 g/mol. The van der Waals surface area contributed by atoms with Gasteiger partial charge in [-0.25, -0.2) is 0 Å². The third kappa shape index (κ3) is 5.06. The number of ether oxygens (including phenoxy) is 1. The van der Waals surface area contributed by atoms with Crippen LogP contribution in [0, 0.1) is 0 Å². The van der Waals surface area contributed by atoms with E-state index in [1.165, 1.54) is 10.4 Å². The van der Waals surface area contributed by atoms with Gasteiger partial charge in [-0.05, 0) is 35.1 Å². The number of rotatable bonds is 6. The van der Waals surface area contributed by atoms with E-state index in [4.69, 9.17) is 4.74 Å². The summed E-state index contributed by atoms with van der Waals surface area (Å²) in [5.41, 5.74) is 1.28. The van der Waals surface area contributed by atoms with Gasteiger partial charge >= 0.3 is 0 Å². The average Bonchev–Trinajstić information content (AvgIpc) is 3.13. The highest BCUT2D eigenvalue weighted by molar-refractivity contribution is 7.09. The first kappa shape index (κ1) is 18.0. The molecular formula is C20H26N2O2S. The summed E-state index contributed by atoms with van der Waals surface area (Å²) in [6.07, 6.45) is 0. The molecule has 0 aliphatic carbocycles. The third-order valence-electron chi connectivity index (χ3n) is 4.59. The number of benzene rings is 1. The zero-order valence-corrected chi connectivity index (χ0v) is 15.8. The van der Waals surface area contributed by atoms with Crippen molar-refractivity contribution in [3.8, 4) is 5.75 Å². The number of carbonyl (C=O) groups is 1. The monoisotopic (exact) mass is 358 g/mol. The van der Waals surface area contributed by atoms with E-state index in [2.05, 4.69) is 48.4 Å². The van der Waals surface area contributed by atoms with Crippen molar-refractivity contribution in [3.05, 3.63) is 52.2 Å². The largest absolute Gasteiger partial charge is 0.484 e. The van der Waals surface area contributed by atoms with Crippen LogP contribution < -0.4 is 4.74 Å². The molecule has 1 aliphatic heterocycles. The molecule has 0 radical (unpaired) electrons. The van der Waals surface area contributed by atoms with Gasteiger partial charge in [0.25, 0.3) is 5.91 Å². The molecule has 4 nitrogen and oxygen atoms in total. The minimum atomic E-state index is 0.0729. The maximum Gasteiger partial charge on any atom is 0.260 e. The molecule has 0 saturated carbocycles. The first-order valence-corrected chi connectivity index (χ1v) is 9.75. The normalized spacial score (nSPS) is 15.6. The zero-order valence-electron chi connectivity index (χ0n) is 15.0. The molecule has 1 aromatic carbocycles. The lowest BCUT2D eigenvalue weighted by atomic mass is 10.0. The fourth-order valence-electron chi connectivity index (χ4n) is 2.96. The van der Waals surface area contributed by atoms with E-state index in [1.807, 2.05) is 17.0 Å². The van der Waals surface area contributed by atoms with Crippen LogP contribution in [0.1, 0.15) is 30.2 Å².